The van der Waals surface area contributed by atoms with Crippen molar-refractivity contribution >= 4 is 40.2 Å². The number of benzene rings is 1. The van der Waals surface area contributed by atoms with E-state index in [9.17, 15) is 9.59 Å². The minimum Gasteiger partial charge on any atom is -0.448 e. The first-order chi connectivity index (χ1) is 9.73. The molecule has 5 heteroatoms. The zero-order chi connectivity index (χ0) is 15.5. The van der Waals surface area contributed by atoms with Gasteiger partial charge in [0.1, 0.15) is 0 Å². The SMILES string of the molecule is CC1(C)[C@]2(C)CC[C@]1(C(=O)Nc1ccc(I)cc1)OC2=O. The van der Waals surface area contributed by atoms with E-state index in [2.05, 4.69) is 27.9 Å². The van der Waals surface area contributed by atoms with Crippen molar-refractivity contribution in [2.75, 3.05) is 5.32 Å². The van der Waals surface area contributed by atoms with E-state index in [1.807, 2.05) is 45.0 Å². The van der Waals surface area contributed by atoms with Crippen molar-refractivity contribution in [3.05, 3.63) is 27.8 Å². The Bertz CT molecular complexity index is 625. The van der Waals surface area contributed by atoms with Gasteiger partial charge in [0.2, 0.25) is 0 Å². The largest absolute Gasteiger partial charge is 0.448 e. The van der Waals surface area contributed by atoms with Gasteiger partial charge in [-0.05, 0) is 66.6 Å². The van der Waals surface area contributed by atoms with Gasteiger partial charge in [-0.2, -0.15) is 0 Å². The number of fused-ring (bicyclic) bond motifs is 2. The standard InChI is InChI=1S/C16H18INO3/c1-14(2)15(3)8-9-16(14,21-13(15)20)12(19)18-11-6-4-10(17)5-7-11/h4-7H,8-9H2,1-3H3,(H,18,19)/t15-,16-/m1/s1. The van der Waals surface area contributed by atoms with Crippen LogP contribution in [0.5, 0.6) is 0 Å². The van der Waals surface area contributed by atoms with E-state index < -0.39 is 16.4 Å². The molecule has 1 saturated carbocycles. The van der Waals surface area contributed by atoms with Crippen LogP contribution in [0.4, 0.5) is 5.69 Å². The molecule has 1 heterocycles. The van der Waals surface area contributed by atoms with Crippen molar-refractivity contribution in [2.24, 2.45) is 10.8 Å². The van der Waals surface area contributed by atoms with Gasteiger partial charge in [-0.3, -0.25) is 9.59 Å². The molecule has 2 bridgehead atoms. The van der Waals surface area contributed by atoms with E-state index in [-0.39, 0.29) is 11.9 Å². The van der Waals surface area contributed by atoms with Crippen LogP contribution in [-0.2, 0) is 14.3 Å². The van der Waals surface area contributed by atoms with Gasteiger partial charge < -0.3 is 10.1 Å². The quantitative estimate of drug-likeness (QED) is 0.613. The van der Waals surface area contributed by atoms with Crippen LogP contribution in [0.3, 0.4) is 0 Å². The fourth-order valence-corrected chi connectivity index (χ4v) is 3.87. The maximum absolute atomic E-state index is 12.8. The summed E-state index contributed by atoms with van der Waals surface area (Å²) in [6, 6.07) is 7.57. The Morgan fingerprint density at radius 1 is 1.19 bits per heavy atom. The summed E-state index contributed by atoms with van der Waals surface area (Å²) in [5.41, 5.74) is -1.41. The predicted molar refractivity (Wildman–Crippen MR) is 87.7 cm³/mol. The van der Waals surface area contributed by atoms with Crippen LogP contribution in [0.2, 0.25) is 0 Å². The van der Waals surface area contributed by atoms with Crippen molar-refractivity contribution in [1.82, 2.24) is 0 Å². The molecule has 0 aromatic heterocycles. The van der Waals surface area contributed by atoms with E-state index in [0.717, 1.165) is 9.26 Å². The van der Waals surface area contributed by atoms with Crippen molar-refractivity contribution in [3.8, 4) is 0 Å². The average molecular weight is 399 g/mol. The van der Waals surface area contributed by atoms with Gasteiger partial charge in [-0.25, -0.2) is 0 Å². The van der Waals surface area contributed by atoms with E-state index in [1.54, 1.807) is 0 Å². The zero-order valence-electron chi connectivity index (χ0n) is 12.3. The third kappa shape index (κ3) is 1.79. The summed E-state index contributed by atoms with van der Waals surface area (Å²) in [4.78, 5) is 25.0. The predicted octanol–water partition coefficient (Wildman–Crippen LogP) is 3.35. The number of nitrogens with one attached hydrogen (secondary N) is 1. The lowest BCUT2D eigenvalue weighted by atomic mass is 9.66. The molecule has 2 atom stereocenters. The van der Waals surface area contributed by atoms with Crippen LogP contribution in [0.25, 0.3) is 0 Å². The van der Waals surface area contributed by atoms with E-state index >= 15 is 0 Å². The summed E-state index contributed by atoms with van der Waals surface area (Å²) in [6.45, 7) is 5.82. The number of esters is 1. The Labute approximate surface area is 137 Å². The molecule has 2 aliphatic rings. The van der Waals surface area contributed by atoms with Crippen LogP contribution in [0.1, 0.15) is 33.6 Å². The lowest BCUT2D eigenvalue weighted by molar-refractivity contribution is -0.165. The minimum absolute atomic E-state index is 0.219. The molecule has 1 saturated heterocycles. The fraction of sp³-hybridized carbons (Fsp3) is 0.500. The molecule has 1 aliphatic heterocycles. The minimum atomic E-state index is -1.05. The summed E-state index contributed by atoms with van der Waals surface area (Å²) in [5, 5.41) is 2.90. The number of carbonyl (C=O) groups is 2. The van der Waals surface area contributed by atoms with Crippen LogP contribution in [0.15, 0.2) is 24.3 Å². The number of amides is 1. The zero-order valence-corrected chi connectivity index (χ0v) is 14.5. The highest BCUT2D eigenvalue weighted by Gasteiger charge is 2.75. The number of ether oxygens (including phenoxy) is 1. The molecule has 2 fully saturated rings. The Hall–Kier alpha value is -1.11. The molecule has 1 amide bonds. The Morgan fingerprint density at radius 2 is 1.81 bits per heavy atom. The van der Waals surface area contributed by atoms with Gasteiger partial charge in [-0.15, -0.1) is 0 Å². The van der Waals surface area contributed by atoms with Gasteiger partial charge in [0.05, 0.1) is 5.41 Å². The molecule has 1 N–H and O–H groups in total. The van der Waals surface area contributed by atoms with Crippen LogP contribution in [-0.4, -0.2) is 17.5 Å². The van der Waals surface area contributed by atoms with Gasteiger partial charge in [0.25, 0.3) is 5.91 Å². The highest BCUT2D eigenvalue weighted by atomic mass is 127. The molecule has 4 nitrogen and oxygen atoms in total. The van der Waals surface area contributed by atoms with Crippen LogP contribution >= 0.6 is 22.6 Å². The summed E-state index contributed by atoms with van der Waals surface area (Å²) in [6.07, 6.45) is 1.28. The molecule has 112 valence electrons. The average Bonchev–Trinajstić information content (AvgIpc) is 2.72. The monoisotopic (exact) mass is 399 g/mol. The van der Waals surface area contributed by atoms with Gasteiger partial charge in [-0.1, -0.05) is 13.8 Å². The van der Waals surface area contributed by atoms with Gasteiger partial charge in [0.15, 0.2) is 5.60 Å². The van der Waals surface area contributed by atoms with Crippen molar-refractivity contribution < 1.29 is 14.3 Å². The van der Waals surface area contributed by atoms with E-state index in [1.165, 1.54) is 0 Å². The van der Waals surface area contributed by atoms with Crippen molar-refractivity contribution in [3.63, 3.8) is 0 Å². The molecular weight excluding hydrogens is 381 g/mol. The Morgan fingerprint density at radius 3 is 2.29 bits per heavy atom. The highest BCUT2D eigenvalue weighted by molar-refractivity contribution is 14.1. The third-order valence-electron chi connectivity index (χ3n) is 5.55. The number of anilines is 1. The number of rotatable bonds is 2. The third-order valence-corrected chi connectivity index (χ3v) is 6.27. The number of carbonyl (C=O) groups excluding carboxylic acids is 2. The Kier molecular flexibility index (Phi) is 3.13. The van der Waals surface area contributed by atoms with Gasteiger partial charge in [0, 0.05) is 14.7 Å². The summed E-state index contributed by atoms with van der Waals surface area (Å²) < 4.78 is 6.67. The molecule has 0 radical (unpaired) electrons. The topological polar surface area (TPSA) is 55.4 Å². The Balaban J connectivity index is 1.91. The number of hydrogen-bond donors (Lipinski definition) is 1. The molecule has 1 aromatic carbocycles. The molecule has 0 unspecified atom stereocenters. The van der Waals surface area contributed by atoms with Crippen LogP contribution in [0, 0.1) is 14.4 Å². The highest BCUT2D eigenvalue weighted by Crippen LogP contribution is 2.65. The van der Waals surface area contributed by atoms with Crippen LogP contribution < -0.4 is 5.32 Å². The number of halogens is 1. The van der Waals surface area contributed by atoms with E-state index in [4.69, 9.17) is 4.74 Å². The summed E-state index contributed by atoms with van der Waals surface area (Å²) >= 11 is 2.21. The summed E-state index contributed by atoms with van der Waals surface area (Å²) in [5.74, 6) is -0.472. The maximum atomic E-state index is 12.8. The van der Waals surface area contributed by atoms with Crippen molar-refractivity contribution in [2.45, 2.75) is 39.2 Å². The smallest absolute Gasteiger partial charge is 0.313 e. The first kappa shape index (κ1) is 14.8. The lowest BCUT2D eigenvalue weighted by Crippen LogP contribution is -2.50. The first-order valence-corrected chi connectivity index (χ1v) is 8.11. The first-order valence-electron chi connectivity index (χ1n) is 7.03. The second-order valence-corrected chi connectivity index (χ2v) is 7.88. The molecule has 3 rings (SSSR count). The lowest BCUT2D eigenvalue weighted by Gasteiger charge is -2.35. The molecule has 21 heavy (non-hydrogen) atoms. The number of hydrogen-bond acceptors (Lipinski definition) is 3. The molecule has 1 aliphatic carbocycles. The second-order valence-electron chi connectivity index (χ2n) is 6.63. The van der Waals surface area contributed by atoms with Crippen molar-refractivity contribution in [1.29, 1.82) is 0 Å². The molecular formula is C16H18INO3. The normalized spacial score (nSPS) is 32.9. The van der Waals surface area contributed by atoms with E-state index in [0.29, 0.717) is 12.8 Å². The molecule has 0 spiro atoms. The summed E-state index contributed by atoms with van der Waals surface area (Å²) in [7, 11) is 0. The maximum Gasteiger partial charge on any atom is 0.313 e. The molecule has 1 aromatic rings. The second kappa shape index (κ2) is 4.44. The fourth-order valence-electron chi connectivity index (χ4n) is 3.51. The van der Waals surface area contributed by atoms with Gasteiger partial charge >= 0.3 is 5.97 Å².